The minimum Gasteiger partial charge on any atom is -0.348 e. The summed E-state index contributed by atoms with van der Waals surface area (Å²) >= 11 is 6.03. The lowest BCUT2D eigenvalue weighted by Crippen LogP contribution is -2.57. The first kappa shape index (κ1) is 15.3. The molecule has 8 nitrogen and oxygen atoms in total. The molecule has 2 aromatic rings. The number of imidazole rings is 1. The summed E-state index contributed by atoms with van der Waals surface area (Å²) in [6, 6.07) is 1.45. The highest BCUT2D eigenvalue weighted by atomic mass is 35.5. The molecule has 2 N–H and O–H groups in total. The van der Waals surface area contributed by atoms with E-state index in [1.54, 1.807) is 0 Å². The molecule has 24 heavy (non-hydrogen) atoms. The number of nitro groups is 1. The second-order valence-corrected chi connectivity index (χ2v) is 6.76. The van der Waals surface area contributed by atoms with Crippen LogP contribution in [0.25, 0.3) is 11.0 Å². The van der Waals surface area contributed by atoms with Crippen molar-refractivity contribution in [2.45, 2.75) is 18.9 Å². The van der Waals surface area contributed by atoms with Crippen LogP contribution in [0.5, 0.6) is 0 Å². The number of H-pyrrole nitrogens is 1. The molecule has 1 aromatic heterocycles. The van der Waals surface area contributed by atoms with E-state index in [2.05, 4.69) is 20.2 Å². The second kappa shape index (κ2) is 5.71. The number of nitrogens with zero attached hydrogens (tertiary/aromatic N) is 3. The monoisotopic (exact) mass is 349 g/mol. The quantitative estimate of drug-likeness (QED) is 0.651. The molecule has 0 radical (unpaired) electrons. The Labute approximate surface area is 142 Å². The number of aromatic nitrogens is 2. The maximum atomic E-state index is 12.7. The van der Waals surface area contributed by atoms with Gasteiger partial charge >= 0.3 is 5.69 Å². The van der Waals surface area contributed by atoms with Crippen molar-refractivity contribution >= 4 is 34.2 Å². The Balaban J connectivity index is 1.67. The average Bonchev–Trinajstić information content (AvgIpc) is 3.03. The van der Waals surface area contributed by atoms with Crippen LogP contribution in [-0.4, -0.2) is 51.4 Å². The number of nitrogens with one attached hydrogen (secondary N) is 2. The number of carbonyl (C=O) groups is 1. The lowest BCUT2D eigenvalue weighted by molar-refractivity contribution is -0.383. The molecule has 126 valence electrons. The van der Waals surface area contributed by atoms with Gasteiger partial charge in [-0.2, -0.15) is 0 Å². The van der Waals surface area contributed by atoms with Crippen LogP contribution in [0.3, 0.4) is 0 Å². The molecule has 0 aliphatic carbocycles. The van der Waals surface area contributed by atoms with Crippen LogP contribution in [0.2, 0.25) is 5.02 Å². The Bertz CT molecular complexity index is 828. The molecule has 0 spiro atoms. The van der Waals surface area contributed by atoms with E-state index in [1.165, 1.54) is 12.4 Å². The number of hydrogen-bond donors (Lipinski definition) is 2. The zero-order chi connectivity index (χ0) is 16.8. The summed E-state index contributed by atoms with van der Waals surface area (Å²) in [7, 11) is 0. The molecule has 3 fully saturated rings. The Kier molecular flexibility index (Phi) is 3.65. The lowest BCUT2D eigenvalue weighted by Gasteiger charge is -2.44. The van der Waals surface area contributed by atoms with E-state index in [0.717, 1.165) is 32.5 Å². The highest BCUT2D eigenvalue weighted by molar-refractivity contribution is 6.34. The minimum absolute atomic E-state index is 0.0846. The highest BCUT2D eigenvalue weighted by Gasteiger charge is 2.35. The molecule has 1 amide bonds. The number of carbonyl (C=O) groups excluding carboxylic acids is 1. The topological polar surface area (TPSA) is 104 Å². The van der Waals surface area contributed by atoms with Crippen molar-refractivity contribution in [3.05, 3.63) is 33.1 Å². The third-order valence-corrected chi connectivity index (χ3v) is 5.32. The van der Waals surface area contributed by atoms with Gasteiger partial charge in [-0.3, -0.25) is 14.9 Å². The van der Waals surface area contributed by atoms with Crippen molar-refractivity contribution in [2.24, 2.45) is 5.92 Å². The molecule has 2 bridgehead atoms. The van der Waals surface area contributed by atoms with Crippen molar-refractivity contribution < 1.29 is 9.72 Å². The van der Waals surface area contributed by atoms with Crippen LogP contribution < -0.4 is 5.32 Å². The van der Waals surface area contributed by atoms with E-state index in [1.807, 2.05) is 0 Å². The minimum atomic E-state index is -0.583. The van der Waals surface area contributed by atoms with E-state index in [9.17, 15) is 14.9 Å². The third-order valence-electron chi connectivity index (χ3n) is 5.03. The summed E-state index contributed by atoms with van der Waals surface area (Å²) in [5, 5.41) is 14.2. The number of amides is 1. The molecule has 4 heterocycles. The van der Waals surface area contributed by atoms with Gasteiger partial charge in [-0.1, -0.05) is 11.6 Å². The molecule has 3 aliphatic heterocycles. The first-order valence-electron chi connectivity index (χ1n) is 7.88. The molecule has 3 aliphatic rings. The van der Waals surface area contributed by atoms with Crippen molar-refractivity contribution in [1.82, 2.24) is 20.2 Å². The van der Waals surface area contributed by atoms with Crippen LogP contribution in [0.15, 0.2) is 12.4 Å². The van der Waals surface area contributed by atoms with Gasteiger partial charge in [-0.05, 0) is 37.9 Å². The molecule has 0 unspecified atom stereocenters. The van der Waals surface area contributed by atoms with E-state index >= 15 is 0 Å². The van der Waals surface area contributed by atoms with Crippen LogP contribution in [0.4, 0.5) is 5.69 Å². The molecule has 9 heteroatoms. The number of fused-ring (bicyclic) bond motifs is 4. The maximum absolute atomic E-state index is 12.7. The van der Waals surface area contributed by atoms with Gasteiger partial charge in [0.15, 0.2) is 5.52 Å². The van der Waals surface area contributed by atoms with E-state index in [0.29, 0.717) is 11.4 Å². The molecular formula is C15H16ClN5O3. The van der Waals surface area contributed by atoms with E-state index < -0.39 is 4.92 Å². The normalized spacial score (nSPS) is 25.8. The van der Waals surface area contributed by atoms with Gasteiger partial charge < -0.3 is 15.2 Å². The fourth-order valence-electron chi connectivity index (χ4n) is 3.79. The molecule has 3 saturated heterocycles. The number of piperidine rings is 3. The zero-order valence-electron chi connectivity index (χ0n) is 12.8. The Morgan fingerprint density at radius 2 is 2.21 bits per heavy atom. The number of benzene rings is 1. The summed E-state index contributed by atoms with van der Waals surface area (Å²) in [5.74, 6) is 0.213. The van der Waals surface area contributed by atoms with Crippen molar-refractivity contribution in [2.75, 3.05) is 19.6 Å². The van der Waals surface area contributed by atoms with Crippen LogP contribution >= 0.6 is 11.6 Å². The Morgan fingerprint density at radius 1 is 1.46 bits per heavy atom. The smallest absolute Gasteiger partial charge is 0.315 e. The number of rotatable bonds is 3. The van der Waals surface area contributed by atoms with Crippen molar-refractivity contribution in [3.8, 4) is 0 Å². The molecular weight excluding hydrogens is 334 g/mol. The molecule has 5 rings (SSSR count). The summed E-state index contributed by atoms with van der Waals surface area (Å²) in [5.41, 5.74) is 0.443. The van der Waals surface area contributed by atoms with Crippen LogP contribution in [-0.2, 0) is 0 Å². The van der Waals surface area contributed by atoms with Crippen molar-refractivity contribution in [3.63, 3.8) is 0 Å². The van der Waals surface area contributed by atoms with Gasteiger partial charge in [0.1, 0.15) is 5.02 Å². The third kappa shape index (κ3) is 2.42. The second-order valence-electron chi connectivity index (χ2n) is 6.36. The average molecular weight is 350 g/mol. The van der Waals surface area contributed by atoms with Gasteiger partial charge in [-0.15, -0.1) is 0 Å². The first-order chi connectivity index (χ1) is 11.5. The fraction of sp³-hybridized carbons (Fsp3) is 0.467. The highest BCUT2D eigenvalue weighted by Crippen LogP contribution is 2.34. The Hall–Kier alpha value is -2.19. The van der Waals surface area contributed by atoms with Gasteiger partial charge in [0, 0.05) is 12.6 Å². The number of halogens is 1. The summed E-state index contributed by atoms with van der Waals surface area (Å²) < 4.78 is 0. The summed E-state index contributed by atoms with van der Waals surface area (Å²) in [6.45, 7) is 3.03. The SMILES string of the molecule is O=C(N[C@@H]1CN2CCC1CC2)c1cc(Cl)c([N+](=O)[O-])c2nc[nH]c12. The van der Waals surface area contributed by atoms with E-state index in [-0.39, 0.29) is 33.7 Å². The van der Waals surface area contributed by atoms with Crippen LogP contribution in [0, 0.1) is 16.0 Å². The predicted molar refractivity (Wildman–Crippen MR) is 88.2 cm³/mol. The molecule has 0 saturated carbocycles. The zero-order valence-corrected chi connectivity index (χ0v) is 13.5. The first-order valence-corrected chi connectivity index (χ1v) is 8.25. The maximum Gasteiger partial charge on any atom is 0.315 e. The van der Waals surface area contributed by atoms with Gasteiger partial charge in [-0.25, -0.2) is 4.98 Å². The number of nitro benzene ring substituents is 1. The number of aromatic amines is 1. The van der Waals surface area contributed by atoms with Gasteiger partial charge in [0.2, 0.25) is 0 Å². The van der Waals surface area contributed by atoms with Crippen LogP contribution in [0.1, 0.15) is 23.2 Å². The number of hydrogen-bond acceptors (Lipinski definition) is 5. The lowest BCUT2D eigenvalue weighted by atomic mass is 9.84. The largest absolute Gasteiger partial charge is 0.348 e. The summed E-state index contributed by atoms with van der Waals surface area (Å²) in [6.07, 6.45) is 3.51. The summed E-state index contributed by atoms with van der Waals surface area (Å²) in [4.78, 5) is 32.4. The van der Waals surface area contributed by atoms with Crippen molar-refractivity contribution in [1.29, 1.82) is 0 Å². The van der Waals surface area contributed by atoms with E-state index in [4.69, 9.17) is 11.6 Å². The van der Waals surface area contributed by atoms with Gasteiger partial charge in [0.05, 0.1) is 22.3 Å². The van der Waals surface area contributed by atoms with Gasteiger partial charge in [0.25, 0.3) is 5.91 Å². The Morgan fingerprint density at radius 3 is 2.83 bits per heavy atom. The fourth-order valence-corrected chi connectivity index (χ4v) is 4.05. The molecule has 1 aromatic carbocycles. The predicted octanol–water partition coefficient (Wildman–Crippen LogP) is 1.95. The molecule has 1 atom stereocenters. The standard InChI is InChI=1S/C15H16ClN5O3/c16-10-5-9(12-13(18-7-17-12)14(10)21(23)24)15(22)19-11-6-20-3-1-8(11)2-4-20/h5,7-8,11H,1-4,6H2,(H,17,18)(H,19,22)/t11-/m1/s1.